The molecule has 0 aromatic heterocycles. The molecule has 0 aliphatic heterocycles. The fourth-order valence-electron chi connectivity index (χ4n) is 1.10. The van der Waals surface area contributed by atoms with Crippen molar-refractivity contribution in [1.82, 2.24) is 0 Å². The van der Waals surface area contributed by atoms with Gasteiger partial charge in [-0.25, -0.2) is 0 Å². The zero-order chi connectivity index (χ0) is 10.6. The van der Waals surface area contributed by atoms with E-state index in [-0.39, 0.29) is 5.75 Å². The molecular weight excluding hydrogens is 182 g/mol. The van der Waals surface area contributed by atoms with Gasteiger partial charge in [0.1, 0.15) is 5.75 Å². The van der Waals surface area contributed by atoms with Crippen molar-refractivity contribution in [2.45, 2.75) is 13.3 Å². The van der Waals surface area contributed by atoms with Gasteiger partial charge < -0.3 is 5.11 Å². The molecule has 0 aliphatic carbocycles. The van der Waals surface area contributed by atoms with Crippen molar-refractivity contribution in [2.24, 2.45) is 0 Å². The predicted octanol–water partition coefficient (Wildman–Crippen LogP) is 2.20. The fourth-order valence-corrected chi connectivity index (χ4v) is 1.10. The van der Waals surface area contributed by atoms with Crippen LogP contribution >= 0.6 is 0 Å². The van der Waals surface area contributed by atoms with Crippen molar-refractivity contribution in [3.63, 3.8) is 0 Å². The average Bonchev–Trinajstić information content (AvgIpc) is 2.16. The van der Waals surface area contributed by atoms with E-state index in [0.29, 0.717) is 5.56 Å². The highest BCUT2D eigenvalue weighted by molar-refractivity contribution is 5.57. The maximum Gasteiger partial charge on any atom is 0.235 e. The second kappa shape index (κ2) is 4.41. The summed E-state index contributed by atoms with van der Waals surface area (Å²) in [7, 11) is 0. The second-order valence-electron chi connectivity index (χ2n) is 2.85. The van der Waals surface area contributed by atoms with Crippen molar-refractivity contribution in [3.8, 4) is 5.75 Å². The molecule has 0 saturated carbocycles. The van der Waals surface area contributed by atoms with E-state index in [1.54, 1.807) is 18.2 Å². The summed E-state index contributed by atoms with van der Waals surface area (Å²) < 4.78 is 0. The van der Waals surface area contributed by atoms with Crippen LogP contribution in [0.2, 0.25) is 0 Å². The number of phenolic OH excluding ortho intramolecular Hbond substituents is 1. The number of hydrogen-bond donors (Lipinski definition) is 1. The molecule has 1 aromatic rings. The summed E-state index contributed by atoms with van der Waals surface area (Å²) in [6.45, 7) is 1.98. The summed E-state index contributed by atoms with van der Waals surface area (Å²) in [5.41, 5.74) is 1.51. The summed E-state index contributed by atoms with van der Waals surface area (Å²) in [5.74, 6) is 0.0558. The van der Waals surface area contributed by atoms with E-state index >= 15 is 0 Å². The van der Waals surface area contributed by atoms with Crippen LogP contribution in [-0.4, -0.2) is 10.0 Å². The van der Waals surface area contributed by atoms with Crippen LogP contribution in [0.15, 0.2) is 24.4 Å². The molecule has 0 fully saturated rings. The fraction of sp³-hybridized carbons (Fsp3) is 0.200. The van der Waals surface area contributed by atoms with Crippen LogP contribution in [0.5, 0.6) is 5.75 Å². The summed E-state index contributed by atoms with van der Waals surface area (Å²) >= 11 is 0. The van der Waals surface area contributed by atoms with Gasteiger partial charge in [-0.05, 0) is 24.1 Å². The second-order valence-corrected chi connectivity index (χ2v) is 2.85. The van der Waals surface area contributed by atoms with Crippen LogP contribution in [0.1, 0.15) is 18.1 Å². The first kappa shape index (κ1) is 10.2. The number of nitrogens with zero attached hydrogens (tertiary/aromatic N) is 1. The smallest absolute Gasteiger partial charge is 0.235 e. The van der Waals surface area contributed by atoms with Gasteiger partial charge in [0, 0.05) is 11.6 Å². The Morgan fingerprint density at radius 1 is 1.57 bits per heavy atom. The Morgan fingerprint density at radius 2 is 2.29 bits per heavy atom. The minimum absolute atomic E-state index is 0.0558. The highest BCUT2D eigenvalue weighted by atomic mass is 16.6. The van der Waals surface area contributed by atoms with Gasteiger partial charge in [0.25, 0.3) is 0 Å². The Balaban J connectivity index is 3.00. The third kappa shape index (κ3) is 2.58. The van der Waals surface area contributed by atoms with Crippen LogP contribution in [-0.2, 0) is 6.42 Å². The highest BCUT2D eigenvalue weighted by Gasteiger charge is 1.99. The average molecular weight is 193 g/mol. The minimum atomic E-state index is -0.557. The number of aromatic hydroxyl groups is 1. The van der Waals surface area contributed by atoms with Gasteiger partial charge in [0.15, 0.2) is 0 Å². The first-order valence-corrected chi connectivity index (χ1v) is 4.27. The maximum absolute atomic E-state index is 10.1. The maximum atomic E-state index is 10.1. The van der Waals surface area contributed by atoms with Gasteiger partial charge in [0.2, 0.25) is 6.20 Å². The SMILES string of the molecule is CCc1ccc(O)c(/C=C/[N+](=O)[O-])c1. The van der Waals surface area contributed by atoms with Crippen LogP contribution in [0.3, 0.4) is 0 Å². The molecule has 0 unspecified atom stereocenters. The van der Waals surface area contributed by atoms with Gasteiger partial charge >= 0.3 is 0 Å². The predicted molar refractivity (Wildman–Crippen MR) is 53.5 cm³/mol. The largest absolute Gasteiger partial charge is 0.507 e. The zero-order valence-electron chi connectivity index (χ0n) is 7.80. The van der Waals surface area contributed by atoms with Gasteiger partial charge in [-0.1, -0.05) is 13.0 Å². The van der Waals surface area contributed by atoms with Crippen LogP contribution in [0, 0.1) is 10.1 Å². The molecule has 14 heavy (non-hydrogen) atoms. The minimum Gasteiger partial charge on any atom is -0.507 e. The molecule has 0 heterocycles. The van der Waals surface area contributed by atoms with Gasteiger partial charge in [0.05, 0.1) is 4.92 Å². The zero-order valence-corrected chi connectivity index (χ0v) is 7.80. The Morgan fingerprint density at radius 3 is 2.86 bits per heavy atom. The summed E-state index contributed by atoms with van der Waals surface area (Å²) in [5, 5.41) is 19.4. The van der Waals surface area contributed by atoms with Gasteiger partial charge in [-0.2, -0.15) is 0 Å². The van der Waals surface area contributed by atoms with E-state index in [2.05, 4.69) is 0 Å². The lowest BCUT2D eigenvalue weighted by Crippen LogP contribution is -1.85. The van der Waals surface area contributed by atoms with E-state index in [9.17, 15) is 15.2 Å². The summed E-state index contributed by atoms with van der Waals surface area (Å²) in [6, 6.07) is 5.06. The molecule has 0 spiro atoms. The number of benzene rings is 1. The molecular formula is C10H11NO3. The van der Waals surface area contributed by atoms with E-state index in [4.69, 9.17) is 0 Å². The molecule has 1 rings (SSSR count). The molecule has 0 saturated heterocycles. The lowest BCUT2D eigenvalue weighted by atomic mass is 10.1. The standard InChI is InChI=1S/C10H11NO3/c1-2-8-3-4-10(12)9(7-8)5-6-11(13)14/h3-7,12H,2H2,1H3/b6-5+. The highest BCUT2D eigenvalue weighted by Crippen LogP contribution is 2.20. The molecule has 4 nitrogen and oxygen atoms in total. The van der Waals surface area contributed by atoms with Crippen molar-refractivity contribution in [3.05, 3.63) is 45.6 Å². The van der Waals surface area contributed by atoms with E-state index in [0.717, 1.165) is 18.2 Å². The third-order valence-corrected chi connectivity index (χ3v) is 1.88. The Bertz CT molecular complexity index is 372. The van der Waals surface area contributed by atoms with Crippen LogP contribution in [0.25, 0.3) is 6.08 Å². The van der Waals surface area contributed by atoms with Gasteiger partial charge in [-0.15, -0.1) is 0 Å². The molecule has 0 amide bonds. The van der Waals surface area contributed by atoms with Crippen molar-refractivity contribution >= 4 is 6.08 Å². The third-order valence-electron chi connectivity index (χ3n) is 1.88. The first-order chi connectivity index (χ1) is 6.63. The van der Waals surface area contributed by atoms with Crippen LogP contribution < -0.4 is 0 Å². The number of aryl methyl sites for hydroxylation is 1. The Labute approximate surface area is 81.6 Å². The lowest BCUT2D eigenvalue weighted by molar-refractivity contribution is -0.400. The Hall–Kier alpha value is -1.84. The number of hydrogen-bond acceptors (Lipinski definition) is 3. The molecule has 0 bridgehead atoms. The van der Waals surface area contributed by atoms with Crippen molar-refractivity contribution in [1.29, 1.82) is 0 Å². The van der Waals surface area contributed by atoms with Crippen molar-refractivity contribution in [2.75, 3.05) is 0 Å². The molecule has 0 atom stereocenters. The summed E-state index contributed by atoms with van der Waals surface area (Å²) in [4.78, 5) is 9.52. The number of nitro groups is 1. The Kier molecular flexibility index (Phi) is 3.23. The summed E-state index contributed by atoms with van der Waals surface area (Å²) in [6.07, 6.45) is 2.93. The van der Waals surface area contributed by atoms with E-state index < -0.39 is 4.92 Å². The van der Waals surface area contributed by atoms with E-state index in [1.165, 1.54) is 6.08 Å². The number of rotatable bonds is 3. The molecule has 1 N–H and O–H groups in total. The molecule has 1 aromatic carbocycles. The quantitative estimate of drug-likeness (QED) is 0.591. The molecule has 4 heteroatoms. The van der Waals surface area contributed by atoms with Crippen molar-refractivity contribution < 1.29 is 10.0 Å². The molecule has 74 valence electrons. The molecule has 0 aliphatic rings. The normalized spacial score (nSPS) is 10.6. The lowest BCUT2D eigenvalue weighted by Gasteiger charge is -2.00. The first-order valence-electron chi connectivity index (χ1n) is 4.27. The molecule has 0 radical (unpaired) electrons. The number of phenols is 1. The monoisotopic (exact) mass is 193 g/mol. The van der Waals surface area contributed by atoms with E-state index in [1.807, 2.05) is 6.92 Å². The van der Waals surface area contributed by atoms with Gasteiger partial charge in [-0.3, -0.25) is 10.1 Å². The van der Waals surface area contributed by atoms with Crippen LogP contribution in [0.4, 0.5) is 0 Å². The topological polar surface area (TPSA) is 63.4 Å².